The molecule has 0 aliphatic heterocycles. The van der Waals surface area contributed by atoms with Crippen molar-refractivity contribution in [2.45, 2.75) is 6.04 Å². The van der Waals surface area contributed by atoms with E-state index in [-0.39, 0.29) is 19.0 Å². The van der Waals surface area contributed by atoms with Crippen molar-refractivity contribution in [3.8, 4) is 5.75 Å². The van der Waals surface area contributed by atoms with Crippen molar-refractivity contribution in [3.63, 3.8) is 0 Å². The first-order valence-electron chi connectivity index (χ1n) is 4.79. The number of rotatable bonds is 6. The first kappa shape index (κ1) is 12.6. The predicted molar refractivity (Wildman–Crippen MR) is 56.8 cm³/mol. The minimum absolute atomic E-state index is 0.00760. The maximum absolute atomic E-state index is 13.3. The minimum Gasteiger partial charge on any atom is -0.494 e. The highest BCUT2D eigenvalue weighted by Gasteiger charge is 2.09. The normalized spacial score (nSPS) is 12.2. The average molecular weight is 227 g/mol. The van der Waals surface area contributed by atoms with E-state index in [1.54, 1.807) is 6.07 Å². The number of aldehydes is 1. The Morgan fingerprint density at radius 1 is 1.56 bits per heavy atom. The SMILES string of the molecule is COc1ccc([C@H](N)COCC=O)cc1F. The molecule has 0 heterocycles. The van der Waals surface area contributed by atoms with E-state index in [9.17, 15) is 9.18 Å². The number of halogens is 1. The van der Waals surface area contributed by atoms with Crippen LogP contribution < -0.4 is 10.5 Å². The molecule has 0 bridgehead atoms. The minimum atomic E-state index is -0.467. The lowest BCUT2D eigenvalue weighted by atomic mass is 10.1. The lowest BCUT2D eigenvalue weighted by molar-refractivity contribution is -0.112. The molecule has 88 valence electrons. The summed E-state index contributed by atoms with van der Waals surface area (Å²) in [5.74, 6) is -0.296. The third-order valence-corrected chi connectivity index (χ3v) is 2.09. The van der Waals surface area contributed by atoms with E-state index in [1.165, 1.54) is 19.2 Å². The van der Waals surface area contributed by atoms with Crippen LogP contribution in [0.1, 0.15) is 11.6 Å². The van der Waals surface area contributed by atoms with Crippen molar-refractivity contribution in [2.75, 3.05) is 20.3 Å². The number of ether oxygens (including phenoxy) is 2. The fourth-order valence-electron chi connectivity index (χ4n) is 1.25. The fraction of sp³-hybridized carbons (Fsp3) is 0.364. The van der Waals surface area contributed by atoms with Crippen LogP contribution in [0.2, 0.25) is 0 Å². The zero-order valence-corrected chi connectivity index (χ0v) is 8.98. The van der Waals surface area contributed by atoms with Gasteiger partial charge in [-0.05, 0) is 17.7 Å². The van der Waals surface area contributed by atoms with Gasteiger partial charge in [0, 0.05) is 0 Å². The van der Waals surface area contributed by atoms with Crippen molar-refractivity contribution in [1.29, 1.82) is 0 Å². The summed E-state index contributed by atoms with van der Waals surface area (Å²) in [6.45, 7) is 0.164. The Morgan fingerprint density at radius 3 is 2.88 bits per heavy atom. The third-order valence-electron chi connectivity index (χ3n) is 2.09. The second kappa shape index (κ2) is 6.19. The molecule has 16 heavy (non-hydrogen) atoms. The zero-order chi connectivity index (χ0) is 12.0. The van der Waals surface area contributed by atoms with Crippen molar-refractivity contribution < 1.29 is 18.7 Å². The Balaban J connectivity index is 2.65. The molecule has 0 saturated carbocycles. The molecule has 1 aromatic rings. The molecule has 1 aromatic carbocycles. The van der Waals surface area contributed by atoms with E-state index >= 15 is 0 Å². The van der Waals surface area contributed by atoms with Crippen LogP contribution in [0.5, 0.6) is 5.75 Å². The summed E-state index contributed by atoms with van der Waals surface area (Å²) in [6.07, 6.45) is 0.640. The molecule has 1 atom stereocenters. The van der Waals surface area contributed by atoms with Gasteiger partial charge >= 0.3 is 0 Å². The molecular formula is C11H14FNO3. The Morgan fingerprint density at radius 2 is 2.31 bits per heavy atom. The number of benzene rings is 1. The summed E-state index contributed by atoms with van der Waals surface area (Å²) in [7, 11) is 1.39. The molecular weight excluding hydrogens is 213 g/mol. The van der Waals surface area contributed by atoms with Crippen LogP contribution in [-0.2, 0) is 9.53 Å². The highest BCUT2D eigenvalue weighted by atomic mass is 19.1. The third kappa shape index (κ3) is 3.29. The smallest absolute Gasteiger partial charge is 0.165 e. The first-order chi connectivity index (χ1) is 7.69. The average Bonchev–Trinajstić information content (AvgIpc) is 2.29. The van der Waals surface area contributed by atoms with E-state index in [1.807, 2.05) is 0 Å². The largest absolute Gasteiger partial charge is 0.494 e. The van der Waals surface area contributed by atoms with Crippen LogP contribution in [0.15, 0.2) is 18.2 Å². The molecule has 1 rings (SSSR count). The van der Waals surface area contributed by atoms with Gasteiger partial charge in [-0.1, -0.05) is 6.07 Å². The number of carbonyl (C=O) groups is 1. The van der Waals surface area contributed by atoms with Gasteiger partial charge in [-0.3, -0.25) is 0 Å². The Hall–Kier alpha value is -1.46. The van der Waals surface area contributed by atoms with E-state index in [0.29, 0.717) is 11.8 Å². The Labute approximate surface area is 93.2 Å². The summed E-state index contributed by atoms with van der Waals surface area (Å²) < 4.78 is 23.1. The molecule has 0 aliphatic carbocycles. The van der Waals surface area contributed by atoms with Gasteiger partial charge in [0.15, 0.2) is 11.6 Å². The van der Waals surface area contributed by atoms with Gasteiger partial charge < -0.3 is 20.0 Å². The summed E-state index contributed by atoms with van der Waals surface area (Å²) in [4.78, 5) is 10.0. The maximum Gasteiger partial charge on any atom is 0.165 e. The topological polar surface area (TPSA) is 61.6 Å². The fourth-order valence-corrected chi connectivity index (χ4v) is 1.25. The van der Waals surface area contributed by atoms with Gasteiger partial charge in [0.2, 0.25) is 0 Å². The molecule has 2 N–H and O–H groups in total. The van der Waals surface area contributed by atoms with Crippen LogP contribution in [0.3, 0.4) is 0 Å². The van der Waals surface area contributed by atoms with Crippen LogP contribution >= 0.6 is 0 Å². The molecule has 0 amide bonds. The van der Waals surface area contributed by atoms with E-state index < -0.39 is 11.9 Å². The lowest BCUT2D eigenvalue weighted by Crippen LogP contribution is -2.18. The maximum atomic E-state index is 13.3. The molecule has 0 saturated heterocycles. The number of hydrogen-bond acceptors (Lipinski definition) is 4. The second-order valence-corrected chi connectivity index (χ2v) is 3.20. The van der Waals surface area contributed by atoms with Crippen LogP contribution in [-0.4, -0.2) is 26.6 Å². The van der Waals surface area contributed by atoms with Gasteiger partial charge in [-0.2, -0.15) is 0 Å². The standard InChI is InChI=1S/C11H14FNO3/c1-15-11-3-2-8(6-9(11)12)10(13)7-16-5-4-14/h2-4,6,10H,5,7,13H2,1H3/t10-/m1/s1. The van der Waals surface area contributed by atoms with Crippen molar-refractivity contribution in [3.05, 3.63) is 29.6 Å². The van der Waals surface area contributed by atoms with Gasteiger partial charge in [-0.15, -0.1) is 0 Å². The number of nitrogens with two attached hydrogens (primary N) is 1. The Kier molecular flexibility index (Phi) is 4.88. The van der Waals surface area contributed by atoms with E-state index in [0.717, 1.165) is 0 Å². The number of carbonyl (C=O) groups excluding carboxylic acids is 1. The van der Waals surface area contributed by atoms with Gasteiger partial charge in [0.1, 0.15) is 12.9 Å². The van der Waals surface area contributed by atoms with Crippen LogP contribution in [0, 0.1) is 5.82 Å². The molecule has 0 spiro atoms. The molecule has 0 unspecified atom stereocenters. The highest BCUT2D eigenvalue weighted by Crippen LogP contribution is 2.20. The number of methoxy groups -OCH3 is 1. The van der Waals surface area contributed by atoms with Crippen molar-refractivity contribution in [1.82, 2.24) is 0 Å². The summed E-state index contributed by atoms with van der Waals surface area (Å²) in [5, 5.41) is 0. The molecule has 0 radical (unpaired) electrons. The molecule has 0 fully saturated rings. The van der Waals surface area contributed by atoms with Crippen LogP contribution in [0.4, 0.5) is 4.39 Å². The van der Waals surface area contributed by atoms with Crippen molar-refractivity contribution >= 4 is 6.29 Å². The van der Waals surface area contributed by atoms with Gasteiger partial charge in [-0.25, -0.2) is 4.39 Å². The van der Waals surface area contributed by atoms with Gasteiger partial charge in [0.25, 0.3) is 0 Å². The monoisotopic (exact) mass is 227 g/mol. The predicted octanol–water partition coefficient (Wildman–Crippen LogP) is 1.05. The molecule has 0 aromatic heterocycles. The summed E-state index contributed by atoms with van der Waals surface area (Å²) >= 11 is 0. The summed E-state index contributed by atoms with van der Waals surface area (Å²) in [5.41, 5.74) is 6.35. The second-order valence-electron chi connectivity index (χ2n) is 3.20. The zero-order valence-electron chi connectivity index (χ0n) is 8.98. The molecule has 0 aliphatic rings. The van der Waals surface area contributed by atoms with Crippen LogP contribution in [0.25, 0.3) is 0 Å². The molecule has 4 nitrogen and oxygen atoms in total. The first-order valence-corrected chi connectivity index (χ1v) is 4.79. The molecule has 5 heteroatoms. The quantitative estimate of drug-likeness (QED) is 0.583. The van der Waals surface area contributed by atoms with Gasteiger partial charge in [0.05, 0.1) is 19.8 Å². The van der Waals surface area contributed by atoms with E-state index in [2.05, 4.69) is 0 Å². The van der Waals surface area contributed by atoms with Crippen molar-refractivity contribution in [2.24, 2.45) is 5.73 Å². The lowest BCUT2D eigenvalue weighted by Gasteiger charge is -2.12. The Bertz CT molecular complexity index is 357. The highest BCUT2D eigenvalue weighted by molar-refractivity contribution is 5.50. The summed E-state index contributed by atoms with van der Waals surface area (Å²) in [6, 6.07) is 4.01. The number of hydrogen-bond donors (Lipinski definition) is 1. The van der Waals surface area contributed by atoms with E-state index in [4.69, 9.17) is 15.2 Å².